The van der Waals surface area contributed by atoms with Crippen molar-refractivity contribution in [2.45, 2.75) is 17.6 Å². The van der Waals surface area contributed by atoms with Gasteiger partial charge in [0.15, 0.2) is 0 Å². The summed E-state index contributed by atoms with van der Waals surface area (Å²) in [5.41, 5.74) is 3.71. The van der Waals surface area contributed by atoms with Gasteiger partial charge in [0.1, 0.15) is 11.6 Å². The van der Waals surface area contributed by atoms with Crippen LogP contribution in [0.25, 0.3) is 0 Å². The first-order valence-corrected chi connectivity index (χ1v) is 5.86. The minimum Gasteiger partial charge on any atom is -0.468 e. The Balaban J connectivity index is 2.02. The summed E-state index contributed by atoms with van der Waals surface area (Å²) in [4.78, 5) is 5.22. The third-order valence-electron chi connectivity index (χ3n) is 2.18. The summed E-state index contributed by atoms with van der Waals surface area (Å²) >= 11 is 1.74. The summed E-state index contributed by atoms with van der Waals surface area (Å²) in [5.74, 6) is 7.81. The maximum atomic E-state index is 5.30. The van der Waals surface area contributed by atoms with Gasteiger partial charge in [0.2, 0.25) is 0 Å². The van der Waals surface area contributed by atoms with Crippen LogP contribution in [-0.4, -0.2) is 4.98 Å². The highest BCUT2D eigenvalue weighted by molar-refractivity contribution is 7.98. The number of nitrogen functional groups attached to an aromatic ring is 1. The Morgan fingerprint density at radius 3 is 3.06 bits per heavy atom. The van der Waals surface area contributed by atoms with E-state index in [9.17, 15) is 0 Å². The average molecular weight is 235 g/mol. The van der Waals surface area contributed by atoms with E-state index in [-0.39, 0.29) is 0 Å². The molecule has 0 fully saturated rings. The lowest BCUT2D eigenvalue weighted by Crippen LogP contribution is -2.08. The number of pyridine rings is 1. The maximum Gasteiger partial charge on any atom is 0.140 e. The van der Waals surface area contributed by atoms with Crippen molar-refractivity contribution in [2.24, 2.45) is 5.84 Å². The topological polar surface area (TPSA) is 64.1 Å². The molecule has 0 radical (unpaired) electrons. The zero-order chi connectivity index (χ0) is 11.4. The van der Waals surface area contributed by atoms with Crippen LogP contribution in [0.3, 0.4) is 0 Å². The van der Waals surface area contributed by atoms with Crippen LogP contribution in [0.2, 0.25) is 0 Å². The molecule has 0 aromatic carbocycles. The highest BCUT2D eigenvalue weighted by Gasteiger charge is 2.03. The Hall–Kier alpha value is -1.46. The molecule has 3 N–H and O–H groups in total. The van der Waals surface area contributed by atoms with Gasteiger partial charge in [0.25, 0.3) is 0 Å². The third kappa shape index (κ3) is 2.56. The summed E-state index contributed by atoms with van der Waals surface area (Å²) in [7, 11) is 0. The van der Waals surface area contributed by atoms with E-state index in [4.69, 9.17) is 10.3 Å². The summed E-state index contributed by atoms with van der Waals surface area (Å²) in [6.07, 6.45) is 3.45. The fraction of sp³-hybridized carbons (Fsp3) is 0.182. The Kier molecular flexibility index (Phi) is 3.48. The van der Waals surface area contributed by atoms with Crippen LogP contribution in [0.15, 0.2) is 40.0 Å². The van der Waals surface area contributed by atoms with Crippen molar-refractivity contribution < 1.29 is 4.42 Å². The van der Waals surface area contributed by atoms with Crippen molar-refractivity contribution in [1.82, 2.24) is 4.98 Å². The fourth-order valence-corrected chi connectivity index (χ4v) is 2.23. The number of rotatable bonds is 4. The number of anilines is 1. The maximum absolute atomic E-state index is 5.30. The molecule has 2 aromatic heterocycles. The molecule has 2 rings (SSSR count). The molecule has 0 aliphatic carbocycles. The van der Waals surface area contributed by atoms with E-state index in [0.717, 1.165) is 11.5 Å². The second kappa shape index (κ2) is 5.05. The predicted molar refractivity (Wildman–Crippen MR) is 65.1 cm³/mol. The second-order valence-electron chi connectivity index (χ2n) is 3.32. The van der Waals surface area contributed by atoms with Crippen LogP contribution < -0.4 is 11.3 Å². The number of nitrogens with one attached hydrogen (secondary N) is 1. The number of thioether (sulfide) groups is 1. The Morgan fingerprint density at radius 2 is 2.38 bits per heavy atom. The van der Waals surface area contributed by atoms with Crippen molar-refractivity contribution in [1.29, 1.82) is 0 Å². The lowest BCUT2D eigenvalue weighted by atomic mass is 10.3. The molecule has 0 unspecified atom stereocenters. The lowest BCUT2D eigenvalue weighted by Gasteiger charge is -2.03. The van der Waals surface area contributed by atoms with E-state index < -0.39 is 0 Å². The van der Waals surface area contributed by atoms with Gasteiger partial charge in [-0.05, 0) is 30.7 Å². The van der Waals surface area contributed by atoms with Gasteiger partial charge in [-0.1, -0.05) is 0 Å². The average Bonchev–Trinajstić information content (AvgIpc) is 2.72. The monoisotopic (exact) mass is 235 g/mol. The van der Waals surface area contributed by atoms with E-state index in [1.807, 2.05) is 25.1 Å². The number of nitrogens with zero attached hydrogens (tertiary/aromatic N) is 1. The van der Waals surface area contributed by atoms with E-state index in [2.05, 4.69) is 10.4 Å². The Morgan fingerprint density at radius 1 is 1.50 bits per heavy atom. The summed E-state index contributed by atoms with van der Waals surface area (Å²) < 4.78 is 5.23. The van der Waals surface area contributed by atoms with Gasteiger partial charge in [-0.3, -0.25) is 0 Å². The Bertz CT molecular complexity index is 470. The molecule has 4 nitrogen and oxygen atoms in total. The summed E-state index contributed by atoms with van der Waals surface area (Å²) in [6, 6.07) is 5.88. The largest absolute Gasteiger partial charge is 0.468 e. The SMILES string of the molecule is Cc1occc1SCc1ccnc(NN)c1. The lowest BCUT2D eigenvalue weighted by molar-refractivity contribution is 0.527. The number of hydrazine groups is 1. The molecular formula is C11H13N3OS. The molecule has 0 saturated heterocycles. The quantitative estimate of drug-likeness (QED) is 0.484. The van der Waals surface area contributed by atoms with E-state index in [0.29, 0.717) is 5.82 Å². The molecule has 0 amide bonds. The first kappa shape index (κ1) is 11.0. The minimum atomic E-state index is 0.682. The minimum absolute atomic E-state index is 0.682. The van der Waals surface area contributed by atoms with Gasteiger partial charge in [0, 0.05) is 16.8 Å². The highest BCUT2D eigenvalue weighted by atomic mass is 32.2. The fourth-order valence-electron chi connectivity index (χ4n) is 1.33. The third-order valence-corrected chi connectivity index (χ3v) is 3.39. The molecular weight excluding hydrogens is 222 g/mol. The van der Waals surface area contributed by atoms with E-state index in [1.165, 1.54) is 10.5 Å². The van der Waals surface area contributed by atoms with Crippen LogP contribution >= 0.6 is 11.8 Å². The standard InChI is InChI=1S/C11H13N3OS/c1-8-10(3-5-15-8)16-7-9-2-4-13-11(6-9)14-12/h2-6H,7,12H2,1H3,(H,13,14). The van der Waals surface area contributed by atoms with E-state index in [1.54, 1.807) is 24.2 Å². The second-order valence-corrected chi connectivity index (χ2v) is 4.34. The van der Waals surface area contributed by atoms with Gasteiger partial charge in [-0.25, -0.2) is 10.8 Å². The first-order valence-electron chi connectivity index (χ1n) is 4.88. The Labute approximate surface area is 98.2 Å². The number of hydrogen-bond acceptors (Lipinski definition) is 5. The molecule has 0 saturated carbocycles. The molecule has 0 atom stereocenters. The zero-order valence-corrected chi connectivity index (χ0v) is 9.75. The molecule has 2 heterocycles. The van der Waals surface area contributed by atoms with Gasteiger partial charge in [-0.15, -0.1) is 11.8 Å². The van der Waals surface area contributed by atoms with Crippen LogP contribution in [-0.2, 0) is 5.75 Å². The zero-order valence-electron chi connectivity index (χ0n) is 8.93. The highest BCUT2D eigenvalue weighted by Crippen LogP contribution is 2.26. The molecule has 5 heteroatoms. The van der Waals surface area contributed by atoms with Crippen molar-refractivity contribution in [3.8, 4) is 0 Å². The number of furan rings is 1. The number of hydrogen-bond donors (Lipinski definition) is 2. The van der Waals surface area contributed by atoms with Crippen molar-refractivity contribution in [3.05, 3.63) is 42.0 Å². The normalized spacial score (nSPS) is 10.4. The molecule has 16 heavy (non-hydrogen) atoms. The van der Waals surface area contributed by atoms with Crippen LogP contribution in [0.1, 0.15) is 11.3 Å². The smallest absolute Gasteiger partial charge is 0.140 e. The molecule has 0 spiro atoms. The van der Waals surface area contributed by atoms with Crippen molar-refractivity contribution >= 4 is 17.6 Å². The van der Waals surface area contributed by atoms with Gasteiger partial charge < -0.3 is 9.84 Å². The number of aryl methyl sites for hydroxylation is 1. The van der Waals surface area contributed by atoms with Gasteiger partial charge in [0.05, 0.1) is 6.26 Å². The molecule has 84 valence electrons. The first-order chi connectivity index (χ1) is 7.79. The molecule has 2 aromatic rings. The predicted octanol–water partition coefficient (Wildman–Crippen LogP) is 2.56. The number of aromatic nitrogens is 1. The molecule has 0 aliphatic rings. The van der Waals surface area contributed by atoms with Crippen molar-refractivity contribution in [2.75, 3.05) is 5.43 Å². The van der Waals surface area contributed by atoms with Crippen LogP contribution in [0.5, 0.6) is 0 Å². The van der Waals surface area contributed by atoms with Crippen LogP contribution in [0.4, 0.5) is 5.82 Å². The number of nitrogens with two attached hydrogens (primary N) is 1. The van der Waals surface area contributed by atoms with Crippen molar-refractivity contribution in [3.63, 3.8) is 0 Å². The molecule has 0 bridgehead atoms. The molecule has 0 aliphatic heterocycles. The van der Waals surface area contributed by atoms with Gasteiger partial charge in [-0.2, -0.15) is 0 Å². The van der Waals surface area contributed by atoms with Gasteiger partial charge >= 0.3 is 0 Å². The summed E-state index contributed by atoms with van der Waals surface area (Å²) in [6.45, 7) is 1.96. The van der Waals surface area contributed by atoms with Crippen LogP contribution in [0, 0.1) is 6.92 Å². The summed E-state index contributed by atoms with van der Waals surface area (Å²) in [5, 5.41) is 0. The van der Waals surface area contributed by atoms with E-state index >= 15 is 0 Å².